The molecule has 4 heteroatoms. The van der Waals surface area contributed by atoms with Gasteiger partial charge in [-0.25, -0.2) is 4.39 Å². The van der Waals surface area contributed by atoms with Crippen LogP contribution in [0.25, 0.3) is 0 Å². The van der Waals surface area contributed by atoms with Crippen LogP contribution < -0.4 is 4.74 Å². The molecule has 106 valence electrons. The van der Waals surface area contributed by atoms with Gasteiger partial charge in [0.05, 0.1) is 13.2 Å². The van der Waals surface area contributed by atoms with E-state index in [1.54, 1.807) is 19.2 Å². The number of hydrogen-bond donors (Lipinski definition) is 1. The Kier molecular flexibility index (Phi) is 5.15. The van der Waals surface area contributed by atoms with Gasteiger partial charge in [0, 0.05) is 10.0 Å². The first-order valence-corrected chi connectivity index (χ1v) is 7.15. The summed E-state index contributed by atoms with van der Waals surface area (Å²) >= 11 is 3.28. The molecular formula is C16H16BrFO2. The van der Waals surface area contributed by atoms with E-state index in [1.165, 1.54) is 6.07 Å². The van der Waals surface area contributed by atoms with E-state index in [1.807, 2.05) is 24.3 Å². The lowest BCUT2D eigenvalue weighted by Crippen LogP contribution is -2.02. The molecule has 0 heterocycles. The number of aryl methyl sites for hydroxylation is 1. The topological polar surface area (TPSA) is 29.5 Å². The molecule has 0 aliphatic rings. The molecule has 0 fully saturated rings. The number of aliphatic hydroxyl groups excluding tert-OH is 1. The van der Waals surface area contributed by atoms with E-state index < -0.39 is 6.10 Å². The first-order valence-electron chi connectivity index (χ1n) is 6.36. The Balaban J connectivity index is 2.00. The van der Waals surface area contributed by atoms with E-state index in [9.17, 15) is 9.50 Å². The van der Waals surface area contributed by atoms with Gasteiger partial charge in [0.2, 0.25) is 0 Å². The van der Waals surface area contributed by atoms with Crippen molar-refractivity contribution in [1.82, 2.24) is 0 Å². The van der Waals surface area contributed by atoms with Gasteiger partial charge in [0.25, 0.3) is 0 Å². The molecule has 2 aromatic rings. The summed E-state index contributed by atoms with van der Waals surface area (Å²) in [6.07, 6.45) is 0.339. The van der Waals surface area contributed by atoms with Gasteiger partial charge < -0.3 is 9.84 Å². The molecule has 1 N–H and O–H groups in total. The molecule has 0 amide bonds. The van der Waals surface area contributed by atoms with Crippen LogP contribution in [0, 0.1) is 5.82 Å². The smallest absolute Gasteiger partial charge is 0.129 e. The zero-order valence-corrected chi connectivity index (χ0v) is 12.7. The van der Waals surface area contributed by atoms with Gasteiger partial charge in [-0.2, -0.15) is 0 Å². The van der Waals surface area contributed by atoms with Crippen molar-refractivity contribution in [1.29, 1.82) is 0 Å². The van der Waals surface area contributed by atoms with Crippen molar-refractivity contribution >= 4 is 15.9 Å². The van der Waals surface area contributed by atoms with Crippen molar-refractivity contribution in [3.63, 3.8) is 0 Å². The molecule has 0 spiro atoms. The number of methoxy groups -OCH3 is 1. The van der Waals surface area contributed by atoms with Crippen LogP contribution in [0.3, 0.4) is 0 Å². The molecule has 0 aromatic heterocycles. The van der Waals surface area contributed by atoms with Gasteiger partial charge in [-0.1, -0.05) is 28.1 Å². The average Bonchev–Trinajstić information content (AvgIpc) is 2.47. The molecule has 0 bridgehead atoms. The van der Waals surface area contributed by atoms with E-state index >= 15 is 0 Å². The SMILES string of the molecule is COc1ccc(CCC(O)c2cc(Br)ccc2F)cc1. The Labute approximate surface area is 126 Å². The van der Waals surface area contributed by atoms with Crippen molar-refractivity contribution in [3.05, 3.63) is 63.9 Å². The molecule has 0 saturated heterocycles. The van der Waals surface area contributed by atoms with Crippen molar-refractivity contribution < 1.29 is 14.2 Å². The summed E-state index contributed by atoms with van der Waals surface area (Å²) in [5, 5.41) is 10.1. The van der Waals surface area contributed by atoms with Crippen LogP contribution in [0.1, 0.15) is 23.7 Å². The number of aliphatic hydroxyl groups is 1. The highest BCUT2D eigenvalue weighted by Crippen LogP contribution is 2.25. The van der Waals surface area contributed by atoms with Crippen molar-refractivity contribution in [2.24, 2.45) is 0 Å². The minimum absolute atomic E-state index is 0.327. The van der Waals surface area contributed by atoms with Crippen molar-refractivity contribution in [3.8, 4) is 5.75 Å². The molecule has 1 unspecified atom stereocenters. The highest BCUT2D eigenvalue weighted by molar-refractivity contribution is 9.10. The van der Waals surface area contributed by atoms with E-state index in [0.717, 1.165) is 15.8 Å². The normalized spacial score (nSPS) is 12.2. The zero-order valence-electron chi connectivity index (χ0n) is 11.1. The molecule has 1 atom stereocenters. The van der Waals surface area contributed by atoms with Crippen LogP contribution in [-0.4, -0.2) is 12.2 Å². The molecule has 0 aliphatic carbocycles. The molecule has 2 aromatic carbocycles. The van der Waals surface area contributed by atoms with Crippen LogP contribution in [0.5, 0.6) is 5.75 Å². The third-order valence-electron chi connectivity index (χ3n) is 3.18. The third-order valence-corrected chi connectivity index (χ3v) is 3.68. The quantitative estimate of drug-likeness (QED) is 0.882. The number of rotatable bonds is 5. The zero-order chi connectivity index (χ0) is 14.5. The summed E-state index contributed by atoms with van der Waals surface area (Å²) in [6.45, 7) is 0. The number of halogens is 2. The molecule has 0 aliphatic heterocycles. The highest BCUT2D eigenvalue weighted by Gasteiger charge is 2.13. The molecule has 20 heavy (non-hydrogen) atoms. The number of benzene rings is 2. The van der Waals surface area contributed by atoms with Crippen LogP contribution >= 0.6 is 15.9 Å². The Morgan fingerprint density at radius 1 is 1.20 bits per heavy atom. The molecular weight excluding hydrogens is 323 g/mol. The Hall–Kier alpha value is -1.39. The summed E-state index contributed by atoms with van der Waals surface area (Å²) in [5.74, 6) is 0.419. The van der Waals surface area contributed by atoms with Crippen molar-refractivity contribution in [2.45, 2.75) is 18.9 Å². The van der Waals surface area contributed by atoms with Gasteiger partial charge in [-0.05, 0) is 48.7 Å². The number of hydrogen-bond acceptors (Lipinski definition) is 2. The fourth-order valence-electron chi connectivity index (χ4n) is 2.02. The Morgan fingerprint density at radius 2 is 1.90 bits per heavy atom. The monoisotopic (exact) mass is 338 g/mol. The van der Waals surface area contributed by atoms with Crippen molar-refractivity contribution in [2.75, 3.05) is 7.11 Å². The second-order valence-electron chi connectivity index (χ2n) is 4.57. The lowest BCUT2D eigenvalue weighted by molar-refractivity contribution is 0.163. The lowest BCUT2D eigenvalue weighted by atomic mass is 10.0. The summed E-state index contributed by atoms with van der Waals surface area (Å²) < 4.78 is 19.5. The molecule has 2 rings (SSSR count). The van der Waals surface area contributed by atoms with Crippen LogP contribution in [0.2, 0.25) is 0 Å². The molecule has 0 saturated carbocycles. The molecule has 0 radical (unpaired) electrons. The predicted octanol–water partition coefficient (Wildman–Crippen LogP) is 4.26. The summed E-state index contributed by atoms with van der Waals surface area (Å²) in [6, 6.07) is 12.2. The fourth-order valence-corrected chi connectivity index (χ4v) is 2.40. The average molecular weight is 339 g/mol. The van der Waals surface area contributed by atoms with Gasteiger partial charge in [0.1, 0.15) is 11.6 Å². The predicted molar refractivity (Wildman–Crippen MR) is 80.4 cm³/mol. The van der Waals surface area contributed by atoms with E-state index in [4.69, 9.17) is 4.74 Å². The maximum atomic E-state index is 13.6. The highest BCUT2D eigenvalue weighted by atomic mass is 79.9. The van der Waals surface area contributed by atoms with Gasteiger partial charge in [-0.3, -0.25) is 0 Å². The minimum atomic E-state index is -0.811. The summed E-state index contributed by atoms with van der Waals surface area (Å²) in [4.78, 5) is 0. The Morgan fingerprint density at radius 3 is 2.55 bits per heavy atom. The maximum absolute atomic E-state index is 13.6. The van der Waals surface area contributed by atoms with Crippen LogP contribution in [-0.2, 0) is 6.42 Å². The second kappa shape index (κ2) is 6.86. The van der Waals surface area contributed by atoms with Gasteiger partial charge in [-0.15, -0.1) is 0 Å². The summed E-state index contributed by atoms with van der Waals surface area (Å²) in [7, 11) is 1.62. The minimum Gasteiger partial charge on any atom is -0.497 e. The van der Waals surface area contributed by atoms with Crippen LogP contribution in [0.4, 0.5) is 4.39 Å². The number of ether oxygens (including phenoxy) is 1. The van der Waals surface area contributed by atoms with E-state index in [-0.39, 0.29) is 5.82 Å². The molecule has 2 nitrogen and oxygen atoms in total. The standard InChI is InChI=1S/C16H16BrFO2/c1-20-13-6-2-11(3-7-13)4-9-16(19)14-10-12(17)5-8-15(14)18/h2-3,5-8,10,16,19H,4,9H2,1H3. The largest absolute Gasteiger partial charge is 0.497 e. The third kappa shape index (κ3) is 3.81. The van der Waals surface area contributed by atoms with Crippen LogP contribution in [0.15, 0.2) is 46.9 Å². The lowest BCUT2D eigenvalue weighted by Gasteiger charge is -2.12. The van der Waals surface area contributed by atoms with Gasteiger partial charge >= 0.3 is 0 Å². The maximum Gasteiger partial charge on any atom is 0.129 e. The first kappa shape index (κ1) is 15.0. The second-order valence-corrected chi connectivity index (χ2v) is 5.48. The van der Waals surface area contributed by atoms with E-state index in [0.29, 0.717) is 18.4 Å². The van der Waals surface area contributed by atoms with E-state index in [2.05, 4.69) is 15.9 Å². The van der Waals surface area contributed by atoms with Gasteiger partial charge in [0.15, 0.2) is 0 Å². The first-order chi connectivity index (χ1) is 9.60. The fraction of sp³-hybridized carbons (Fsp3) is 0.250. The summed E-state index contributed by atoms with van der Waals surface area (Å²) in [5.41, 5.74) is 1.41. The Bertz CT molecular complexity index is 569.